The van der Waals surface area contributed by atoms with Crippen LogP contribution in [0.1, 0.15) is 12.8 Å². The second-order valence-corrected chi connectivity index (χ2v) is 4.35. The second-order valence-electron chi connectivity index (χ2n) is 3.18. The summed E-state index contributed by atoms with van der Waals surface area (Å²) >= 11 is 3.49. The second kappa shape index (κ2) is 1.76. The Kier molecular flexibility index (Phi) is 1.17. The minimum absolute atomic E-state index is 0.00630. The van der Waals surface area contributed by atoms with E-state index in [2.05, 4.69) is 20.7 Å². The molecule has 2 nitrogen and oxygen atoms in total. The van der Waals surface area contributed by atoms with Gasteiger partial charge in [0.1, 0.15) is 0 Å². The van der Waals surface area contributed by atoms with E-state index < -0.39 is 0 Å². The van der Waals surface area contributed by atoms with Gasteiger partial charge in [-0.05, 0) is 18.8 Å². The highest BCUT2D eigenvalue weighted by molar-refractivity contribution is 9.09. The molecule has 0 radical (unpaired) electrons. The lowest BCUT2D eigenvalue weighted by Gasteiger charge is -2.27. The normalized spacial score (nSPS) is 49.0. The third kappa shape index (κ3) is 0.570. The third-order valence-corrected chi connectivity index (χ3v) is 3.68. The highest BCUT2D eigenvalue weighted by atomic mass is 79.9. The van der Waals surface area contributed by atoms with Crippen molar-refractivity contribution in [3.63, 3.8) is 0 Å². The molecule has 0 bridgehead atoms. The molecule has 2 saturated carbocycles. The SMILES string of the molecule is COC(=O)[C@@]12C[C@@H](Br)[C@@H]1C2. The van der Waals surface area contributed by atoms with Gasteiger partial charge in [0.15, 0.2) is 0 Å². The molecule has 0 aromatic heterocycles. The van der Waals surface area contributed by atoms with Crippen LogP contribution in [0, 0.1) is 11.3 Å². The van der Waals surface area contributed by atoms with E-state index >= 15 is 0 Å². The largest absolute Gasteiger partial charge is 0.469 e. The van der Waals surface area contributed by atoms with Crippen LogP contribution in [0.4, 0.5) is 0 Å². The molecule has 3 heteroatoms. The zero-order chi connectivity index (χ0) is 7.35. The van der Waals surface area contributed by atoms with Gasteiger partial charge in [-0.1, -0.05) is 15.9 Å². The van der Waals surface area contributed by atoms with Gasteiger partial charge >= 0.3 is 5.97 Å². The maximum atomic E-state index is 11.1. The van der Waals surface area contributed by atoms with Crippen LogP contribution in [-0.4, -0.2) is 17.9 Å². The summed E-state index contributed by atoms with van der Waals surface area (Å²) in [7, 11) is 1.47. The molecule has 0 aromatic rings. The minimum atomic E-state index is -0.0388. The first-order valence-electron chi connectivity index (χ1n) is 3.43. The van der Waals surface area contributed by atoms with Crippen LogP contribution in [0.3, 0.4) is 0 Å². The van der Waals surface area contributed by atoms with Crippen LogP contribution in [0.15, 0.2) is 0 Å². The summed E-state index contributed by atoms with van der Waals surface area (Å²) in [5.41, 5.74) is -0.0388. The van der Waals surface area contributed by atoms with E-state index in [4.69, 9.17) is 0 Å². The summed E-state index contributed by atoms with van der Waals surface area (Å²) in [6.07, 6.45) is 2.01. The van der Waals surface area contributed by atoms with E-state index in [9.17, 15) is 4.79 Å². The van der Waals surface area contributed by atoms with Crippen molar-refractivity contribution in [2.45, 2.75) is 17.7 Å². The number of rotatable bonds is 1. The van der Waals surface area contributed by atoms with Gasteiger partial charge < -0.3 is 4.74 Å². The maximum absolute atomic E-state index is 11.1. The number of esters is 1. The number of methoxy groups -OCH3 is 1. The molecule has 10 heavy (non-hydrogen) atoms. The fourth-order valence-corrected chi connectivity index (χ4v) is 3.16. The van der Waals surface area contributed by atoms with Gasteiger partial charge in [0.25, 0.3) is 0 Å². The zero-order valence-corrected chi connectivity index (χ0v) is 7.35. The fourth-order valence-electron chi connectivity index (χ4n) is 1.89. The average Bonchev–Trinajstić information content (AvgIpc) is 2.55. The molecule has 2 aliphatic carbocycles. The van der Waals surface area contributed by atoms with Crippen LogP contribution >= 0.6 is 15.9 Å². The summed E-state index contributed by atoms with van der Waals surface area (Å²) in [4.78, 5) is 11.6. The molecule has 0 aromatic carbocycles. The van der Waals surface area contributed by atoms with Crippen molar-refractivity contribution in [2.75, 3.05) is 7.11 Å². The Labute approximate surface area is 68.1 Å². The topological polar surface area (TPSA) is 26.3 Å². The average molecular weight is 205 g/mol. The zero-order valence-electron chi connectivity index (χ0n) is 5.76. The quantitative estimate of drug-likeness (QED) is 0.476. The number of alkyl halides is 1. The molecule has 0 N–H and O–H groups in total. The van der Waals surface area contributed by atoms with Crippen molar-refractivity contribution in [2.24, 2.45) is 11.3 Å². The number of hydrogen-bond acceptors (Lipinski definition) is 2. The van der Waals surface area contributed by atoms with Crippen molar-refractivity contribution in [1.82, 2.24) is 0 Å². The number of carbonyl (C=O) groups is 1. The Morgan fingerprint density at radius 2 is 2.40 bits per heavy atom. The lowest BCUT2D eigenvalue weighted by molar-refractivity contribution is -0.150. The van der Waals surface area contributed by atoms with Crippen LogP contribution < -0.4 is 0 Å². The molecule has 0 aliphatic heterocycles. The van der Waals surface area contributed by atoms with E-state index in [0.29, 0.717) is 10.7 Å². The van der Waals surface area contributed by atoms with Gasteiger partial charge in [-0.25, -0.2) is 0 Å². The Hall–Kier alpha value is -0.0500. The summed E-state index contributed by atoms with van der Waals surface area (Å²) < 4.78 is 4.69. The maximum Gasteiger partial charge on any atom is 0.312 e. The monoisotopic (exact) mass is 204 g/mol. The number of fused-ring (bicyclic) bond motifs is 1. The van der Waals surface area contributed by atoms with E-state index in [1.165, 1.54) is 7.11 Å². The van der Waals surface area contributed by atoms with Gasteiger partial charge in [-0.3, -0.25) is 4.79 Å². The predicted octanol–water partition coefficient (Wildman–Crippen LogP) is 1.33. The number of halogens is 1. The molecule has 2 fully saturated rings. The van der Waals surface area contributed by atoms with Crippen molar-refractivity contribution in [3.8, 4) is 0 Å². The van der Waals surface area contributed by atoms with Crippen molar-refractivity contribution < 1.29 is 9.53 Å². The van der Waals surface area contributed by atoms with Crippen LogP contribution in [0.5, 0.6) is 0 Å². The molecule has 0 heterocycles. The Morgan fingerprint density at radius 1 is 1.70 bits per heavy atom. The molecular formula is C7H9BrO2. The first-order chi connectivity index (χ1) is 4.70. The number of ether oxygens (including phenoxy) is 1. The standard InChI is InChI=1S/C7H9BrO2/c1-10-6(9)7-2-4(7)5(8)3-7/h4-5H,2-3H2,1H3/t4-,5+,7-/m0/s1. The Bertz CT molecular complexity index is 192. The van der Waals surface area contributed by atoms with Crippen molar-refractivity contribution >= 4 is 21.9 Å². The van der Waals surface area contributed by atoms with Crippen LogP contribution in [0.25, 0.3) is 0 Å². The highest BCUT2D eigenvalue weighted by Crippen LogP contribution is 2.70. The molecule has 2 rings (SSSR count). The smallest absolute Gasteiger partial charge is 0.312 e. The van der Waals surface area contributed by atoms with E-state index in [0.717, 1.165) is 12.8 Å². The van der Waals surface area contributed by atoms with Gasteiger partial charge in [-0.2, -0.15) is 0 Å². The lowest BCUT2D eigenvalue weighted by Crippen LogP contribution is -2.34. The summed E-state index contributed by atoms with van der Waals surface area (Å²) in [6, 6.07) is 0. The molecule has 0 unspecified atom stereocenters. The fraction of sp³-hybridized carbons (Fsp3) is 0.857. The van der Waals surface area contributed by atoms with Gasteiger partial charge in [0.2, 0.25) is 0 Å². The highest BCUT2D eigenvalue weighted by Gasteiger charge is 2.71. The van der Waals surface area contributed by atoms with Gasteiger partial charge in [0.05, 0.1) is 12.5 Å². The minimum Gasteiger partial charge on any atom is -0.469 e. The number of hydrogen-bond donors (Lipinski definition) is 0. The van der Waals surface area contributed by atoms with Crippen molar-refractivity contribution in [1.29, 1.82) is 0 Å². The lowest BCUT2D eigenvalue weighted by atomic mass is 9.85. The first kappa shape index (κ1) is 6.65. The first-order valence-corrected chi connectivity index (χ1v) is 4.35. The third-order valence-electron chi connectivity index (χ3n) is 2.72. The Balaban J connectivity index is 2.04. The van der Waals surface area contributed by atoms with Gasteiger partial charge in [-0.15, -0.1) is 0 Å². The Morgan fingerprint density at radius 3 is 2.70 bits per heavy atom. The van der Waals surface area contributed by atoms with E-state index in [1.807, 2.05) is 0 Å². The number of carbonyl (C=O) groups excluding carboxylic acids is 1. The van der Waals surface area contributed by atoms with E-state index in [1.54, 1.807) is 0 Å². The molecule has 0 saturated heterocycles. The van der Waals surface area contributed by atoms with Crippen LogP contribution in [-0.2, 0) is 9.53 Å². The van der Waals surface area contributed by atoms with Gasteiger partial charge in [0, 0.05) is 4.83 Å². The van der Waals surface area contributed by atoms with Crippen LogP contribution in [0.2, 0.25) is 0 Å². The molecule has 2 aliphatic rings. The van der Waals surface area contributed by atoms with E-state index in [-0.39, 0.29) is 11.4 Å². The molecule has 0 spiro atoms. The van der Waals surface area contributed by atoms with Crippen molar-refractivity contribution in [3.05, 3.63) is 0 Å². The summed E-state index contributed by atoms with van der Waals surface area (Å²) in [5, 5.41) is 0. The molecule has 56 valence electrons. The molecule has 3 atom stereocenters. The summed E-state index contributed by atoms with van der Waals surface area (Å²) in [5.74, 6) is 0.577. The summed E-state index contributed by atoms with van der Waals surface area (Å²) in [6.45, 7) is 0. The predicted molar refractivity (Wildman–Crippen MR) is 39.9 cm³/mol. The molecule has 0 amide bonds. The molecular weight excluding hydrogens is 196 g/mol.